The molecule has 0 atom stereocenters. The molecule has 0 aromatic heterocycles. The van der Waals surface area contributed by atoms with Crippen LogP contribution in [0.2, 0.25) is 0 Å². The zero-order valence-corrected chi connectivity index (χ0v) is 10.1. The molecule has 1 aromatic rings. The molecule has 0 aliphatic heterocycles. The predicted octanol–water partition coefficient (Wildman–Crippen LogP) is 2.59. The fourth-order valence-electron chi connectivity index (χ4n) is 1.44. The summed E-state index contributed by atoms with van der Waals surface area (Å²) in [5.74, 6) is 0. The number of benzene rings is 1. The Kier molecular flexibility index (Phi) is 3.75. The van der Waals surface area contributed by atoms with Gasteiger partial charge < -0.3 is 10.0 Å². The summed E-state index contributed by atoms with van der Waals surface area (Å²) in [6, 6.07) is 8.40. The fraction of sp³-hybridized carbons (Fsp3) is 0.538. The van der Waals surface area contributed by atoms with Gasteiger partial charge in [0.15, 0.2) is 0 Å². The van der Waals surface area contributed by atoms with Crippen LogP contribution in [0.15, 0.2) is 24.3 Å². The lowest BCUT2D eigenvalue weighted by molar-refractivity contribution is 0.0734. The predicted molar refractivity (Wildman–Crippen MR) is 65.4 cm³/mol. The van der Waals surface area contributed by atoms with Crippen LogP contribution < -0.4 is 4.90 Å². The van der Waals surface area contributed by atoms with E-state index in [4.69, 9.17) is 0 Å². The van der Waals surface area contributed by atoms with Crippen molar-refractivity contribution >= 4 is 5.69 Å². The van der Waals surface area contributed by atoms with Gasteiger partial charge in [-0.2, -0.15) is 0 Å². The monoisotopic (exact) mass is 207 g/mol. The van der Waals surface area contributed by atoms with Gasteiger partial charge in [-0.1, -0.05) is 12.1 Å². The van der Waals surface area contributed by atoms with Gasteiger partial charge in [0.2, 0.25) is 0 Å². The average molecular weight is 207 g/mol. The van der Waals surface area contributed by atoms with E-state index < -0.39 is 5.60 Å². The fourth-order valence-corrected chi connectivity index (χ4v) is 1.44. The highest BCUT2D eigenvalue weighted by Gasteiger charge is 2.13. The molecule has 0 aliphatic rings. The molecule has 0 heterocycles. The molecular formula is C13H21NO. The largest absolute Gasteiger partial charge is 0.390 e. The maximum Gasteiger partial charge on any atom is 0.0608 e. The smallest absolute Gasteiger partial charge is 0.0608 e. The molecule has 1 aromatic carbocycles. The van der Waals surface area contributed by atoms with Crippen molar-refractivity contribution in [1.82, 2.24) is 0 Å². The quantitative estimate of drug-likeness (QED) is 0.820. The summed E-state index contributed by atoms with van der Waals surface area (Å²) in [5, 5.41) is 9.64. The SMILES string of the molecule is Cc1cccc(N(C)CCC(C)(C)O)c1. The van der Waals surface area contributed by atoms with Crippen LogP contribution in [0, 0.1) is 6.92 Å². The van der Waals surface area contributed by atoms with Crippen LogP contribution in [0.5, 0.6) is 0 Å². The maximum atomic E-state index is 9.64. The molecule has 2 heteroatoms. The first kappa shape index (κ1) is 12.1. The molecule has 0 unspecified atom stereocenters. The van der Waals surface area contributed by atoms with Crippen molar-refractivity contribution in [2.45, 2.75) is 32.8 Å². The molecule has 15 heavy (non-hydrogen) atoms. The Balaban J connectivity index is 2.58. The lowest BCUT2D eigenvalue weighted by atomic mass is 10.1. The third kappa shape index (κ3) is 4.34. The van der Waals surface area contributed by atoms with E-state index in [1.165, 1.54) is 11.3 Å². The van der Waals surface area contributed by atoms with Gasteiger partial charge in [-0.05, 0) is 44.9 Å². The summed E-state index contributed by atoms with van der Waals surface area (Å²) in [6.07, 6.45) is 0.775. The summed E-state index contributed by atoms with van der Waals surface area (Å²) in [6.45, 7) is 6.65. The van der Waals surface area contributed by atoms with Crippen LogP contribution in [-0.2, 0) is 0 Å². The second-order valence-corrected chi connectivity index (χ2v) is 4.82. The zero-order chi connectivity index (χ0) is 11.5. The van der Waals surface area contributed by atoms with Crippen LogP contribution in [0.25, 0.3) is 0 Å². The van der Waals surface area contributed by atoms with Crippen LogP contribution in [0.1, 0.15) is 25.8 Å². The number of nitrogens with zero attached hydrogens (tertiary/aromatic N) is 1. The topological polar surface area (TPSA) is 23.5 Å². The Morgan fingerprint density at radius 1 is 1.33 bits per heavy atom. The second kappa shape index (κ2) is 4.67. The Morgan fingerprint density at radius 3 is 2.53 bits per heavy atom. The molecule has 0 saturated heterocycles. The lowest BCUT2D eigenvalue weighted by Gasteiger charge is -2.24. The molecule has 2 nitrogen and oxygen atoms in total. The Morgan fingerprint density at radius 2 is 2.00 bits per heavy atom. The zero-order valence-electron chi connectivity index (χ0n) is 10.1. The minimum absolute atomic E-state index is 0.585. The standard InChI is InChI=1S/C13H21NO/c1-11-6-5-7-12(10-11)14(4)9-8-13(2,3)15/h5-7,10,15H,8-9H2,1-4H3. The number of hydrogen-bond donors (Lipinski definition) is 1. The van der Waals surface area contributed by atoms with E-state index in [0.717, 1.165) is 13.0 Å². The molecule has 1 N–H and O–H groups in total. The summed E-state index contributed by atoms with van der Waals surface area (Å²) in [5.41, 5.74) is 1.89. The van der Waals surface area contributed by atoms with Gasteiger partial charge in [0.25, 0.3) is 0 Å². The minimum atomic E-state index is -0.585. The van der Waals surface area contributed by atoms with Gasteiger partial charge in [-0.25, -0.2) is 0 Å². The van der Waals surface area contributed by atoms with E-state index in [1.807, 2.05) is 13.8 Å². The summed E-state index contributed by atoms with van der Waals surface area (Å²) >= 11 is 0. The third-order valence-electron chi connectivity index (χ3n) is 2.50. The van der Waals surface area contributed by atoms with Gasteiger partial charge in [0.1, 0.15) is 0 Å². The molecule has 0 fully saturated rings. The van der Waals surface area contributed by atoms with Crippen molar-refractivity contribution < 1.29 is 5.11 Å². The number of aryl methyl sites for hydroxylation is 1. The highest BCUT2D eigenvalue weighted by Crippen LogP contribution is 2.16. The summed E-state index contributed by atoms with van der Waals surface area (Å²) in [7, 11) is 2.06. The van der Waals surface area contributed by atoms with Crippen LogP contribution in [-0.4, -0.2) is 24.3 Å². The van der Waals surface area contributed by atoms with Crippen molar-refractivity contribution in [1.29, 1.82) is 0 Å². The molecule has 1 rings (SSSR count). The highest BCUT2D eigenvalue weighted by atomic mass is 16.3. The number of anilines is 1. The van der Waals surface area contributed by atoms with E-state index in [2.05, 4.69) is 43.1 Å². The molecule has 0 saturated carbocycles. The van der Waals surface area contributed by atoms with E-state index in [1.54, 1.807) is 0 Å². The molecule has 0 spiro atoms. The first-order valence-electron chi connectivity index (χ1n) is 5.39. The lowest BCUT2D eigenvalue weighted by Crippen LogP contribution is -2.28. The van der Waals surface area contributed by atoms with E-state index in [0.29, 0.717) is 0 Å². The molecule has 0 radical (unpaired) electrons. The first-order valence-corrected chi connectivity index (χ1v) is 5.39. The molecule has 0 amide bonds. The van der Waals surface area contributed by atoms with Crippen LogP contribution in [0.3, 0.4) is 0 Å². The molecule has 84 valence electrons. The summed E-state index contributed by atoms with van der Waals surface area (Å²) < 4.78 is 0. The van der Waals surface area contributed by atoms with Gasteiger partial charge in [-0.3, -0.25) is 0 Å². The number of hydrogen-bond acceptors (Lipinski definition) is 2. The van der Waals surface area contributed by atoms with Gasteiger partial charge in [0.05, 0.1) is 5.60 Å². The van der Waals surface area contributed by atoms with Crippen LogP contribution >= 0.6 is 0 Å². The van der Waals surface area contributed by atoms with Gasteiger partial charge >= 0.3 is 0 Å². The van der Waals surface area contributed by atoms with Crippen molar-refractivity contribution in [3.8, 4) is 0 Å². The van der Waals surface area contributed by atoms with E-state index in [9.17, 15) is 5.11 Å². The van der Waals surface area contributed by atoms with E-state index >= 15 is 0 Å². The Bertz CT molecular complexity index is 315. The minimum Gasteiger partial charge on any atom is -0.390 e. The molecule has 0 bridgehead atoms. The summed E-state index contributed by atoms with van der Waals surface area (Å²) in [4.78, 5) is 2.17. The van der Waals surface area contributed by atoms with Crippen molar-refractivity contribution in [2.75, 3.05) is 18.5 Å². The maximum absolute atomic E-state index is 9.64. The highest BCUT2D eigenvalue weighted by molar-refractivity contribution is 5.47. The van der Waals surface area contributed by atoms with Crippen molar-refractivity contribution in [3.63, 3.8) is 0 Å². The van der Waals surface area contributed by atoms with Crippen molar-refractivity contribution in [3.05, 3.63) is 29.8 Å². The second-order valence-electron chi connectivity index (χ2n) is 4.82. The first-order chi connectivity index (χ1) is 6.88. The van der Waals surface area contributed by atoms with E-state index in [-0.39, 0.29) is 0 Å². The van der Waals surface area contributed by atoms with Gasteiger partial charge in [-0.15, -0.1) is 0 Å². The molecule has 0 aliphatic carbocycles. The Labute approximate surface area is 92.5 Å². The average Bonchev–Trinajstić information content (AvgIpc) is 2.13. The van der Waals surface area contributed by atoms with Crippen molar-refractivity contribution in [2.24, 2.45) is 0 Å². The number of aliphatic hydroxyl groups is 1. The number of rotatable bonds is 4. The normalized spacial score (nSPS) is 11.5. The van der Waals surface area contributed by atoms with Crippen LogP contribution in [0.4, 0.5) is 5.69 Å². The van der Waals surface area contributed by atoms with Gasteiger partial charge in [0, 0.05) is 19.3 Å². The Hall–Kier alpha value is -1.02. The molecular weight excluding hydrogens is 186 g/mol. The third-order valence-corrected chi connectivity index (χ3v) is 2.50.